The van der Waals surface area contributed by atoms with Crippen LogP contribution in [0.5, 0.6) is 0 Å². The molecule has 4 aromatic heterocycles. The third-order valence-electron chi connectivity index (χ3n) is 4.63. The molecule has 6 nitrogen and oxygen atoms in total. The van der Waals surface area contributed by atoms with E-state index in [1.807, 2.05) is 40.9 Å². The molecule has 29 heavy (non-hydrogen) atoms. The summed E-state index contributed by atoms with van der Waals surface area (Å²) in [6.07, 6.45) is 7.60. The highest BCUT2D eigenvalue weighted by atomic mass is 32.2. The first-order chi connectivity index (χ1) is 14.3. The van der Waals surface area contributed by atoms with Gasteiger partial charge in [0.05, 0.1) is 5.69 Å². The highest BCUT2D eigenvalue weighted by molar-refractivity contribution is 7.98. The van der Waals surface area contributed by atoms with Gasteiger partial charge in [-0.05, 0) is 43.3 Å². The van der Waals surface area contributed by atoms with E-state index in [1.54, 1.807) is 24.2 Å². The van der Waals surface area contributed by atoms with Gasteiger partial charge in [0.15, 0.2) is 11.0 Å². The molecular formula is C22H18N6S. The summed E-state index contributed by atoms with van der Waals surface area (Å²) in [4.78, 5) is 8.80. The zero-order valence-corrected chi connectivity index (χ0v) is 16.6. The summed E-state index contributed by atoms with van der Waals surface area (Å²) in [6, 6.07) is 18.3. The van der Waals surface area contributed by atoms with Gasteiger partial charge < -0.3 is 4.40 Å². The smallest absolute Gasteiger partial charge is 0.196 e. The van der Waals surface area contributed by atoms with Gasteiger partial charge >= 0.3 is 0 Å². The summed E-state index contributed by atoms with van der Waals surface area (Å²) >= 11 is 1.63. The van der Waals surface area contributed by atoms with Crippen molar-refractivity contribution in [1.82, 2.24) is 29.1 Å². The van der Waals surface area contributed by atoms with E-state index in [1.165, 1.54) is 5.56 Å². The average Bonchev–Trinajstić information content (AvgIpc) is 3.37. The lowest BCUT2D eigenvalue weighted by Gasteiger charge is -2.10. The fourth-order valence-electron chi connectivity index (χ4n) is 3.17. The number of hydrogen-bond donors (Lipinski definition) is 0. The number of hydrogen-bond acceptors (Lipinski definition) is 5. The third-order valence-corrected chi connectivity index (χ3v) is 5.59. The maximum Gasteiger partial charge on any atom is 0.196 e. The Labute approximate surface area is 172 Å². The van der Waals surface area contributed by atoms with Crippen LogP contribution in [0.1, 0.15) is 11.3 Å². The third kappa shape index (κ3) is 3.52. The number of imidazole rings is 1. The minimum absolute atomic E-state index is 0.710. The van der Waals surface area contributed by atoms with Crippen LogP contribution in [0.25, 0.3) is 22.7 Å². The number of pyridine rings is 2. The molecule has 7 heteroatoms. The van der Waals surface area contributed by atoms with E-state index < -0.39 is 0 Å². The van der Waals surface area contributed by atoms with E-state index >= 15 is 0 Å². The van der Waals surface area contributed by atoms with Crippen molar-refractivity contribution in [2.24, 2.45) is 0 Å². The van der Waals surface area contributed by atoms with Crippen molar-refractivity contribution in [3.05, 3.63) is 90.6 Å². The zero-order chi connectivity index (χ0) is 19.6. The second kappa shape index (κ2) is 7.52. The number of aromatic nitrogens is 6. The number of rotatable bonds is 5. The monoisotopic (exact) mass is 398 g/mol. The van der Waals surface area contributed by atoms with Crippen molar-refractivity contribution >= 4 is 17.4 Å². The maximum absolute atomic E-state index is 4.68. The lowest BCUT2D eigenvalue weighted by atomic mass is 10.2. The van der Waals surface area contributed by atoms with Crippen molar-refractivity contribution in [2.75, 3.05) is 0 Å². The first-order valence-corrected chi connectivity index (χ1v) is 10.2. The van der Waals surface area contributed by atoms with Gasteiger partial charge in [-0.2, -0.15) is 0 Å². The van der Waals surface area contributed by atoms with Crippen molar-refractivity contribution in [1.29, 1.82) is 0 Å². The van der Waals surface area contributed by atoms with Crippen molar-refractivity contribution in [2.45, 2.75) is 17.8 Å². The van der Waals surface area contributed by atoms with Crippen molar-refractivity contribution < 1.29 is 0 Å². The fourth-order valence-corrected chi connectivity index (χ4v) is 4.01. The van der Waals surface area contributed by atoms with E-state index in [9.17, 15) is 0 Å². The maximum atomic E-state index is 4.68. The SMILES string of the molecule is Cc1ccc(-n2c(SCc3cn4ccccc4n3)nnc2-c2ccncc2)cc1. The lowest BCUT2D eigenvalue weighted by Crippen LogP contribution is -2.00. The zero-order valence-electron chi connectivity index (χ0n) is 15.8. The minimum Gasteiger partial charge on any atom is -0.307 e. The number of fused-ring (bicyclic) bond motifs is 1. The molecule has 1 aromatic carbocycles. The van der Waals surface area contributed by atoms with Crippen LogP contribution in [-0.4, -0.2) is 29.1 Å². The summed E-state index contributed by atoms with van der Waals surface area (Å²) in [5.74, 6) is 1.51. The van der Waals surface area contributed by atoms with Crippen LogP contribution < -0.4 is 0 Å². The molecule has 0 amide bonds. The molecule has 4 heterocycles. The Kier molecular flexibility index (Phi) is 4.57. The molecule has 0 bridgehead atoms. The van der Waals surface area contributed by atoms with Crippen LogP contribution in [0.3, 0.4) is 0 Å². The molecular weight excluding hydrogens is 380 g/mol. The molecule has 0 radical (unpaired) electrons. The van der Waals surface area contributed by atoms with Gasteiger partial charge in [0.1, 0.15) is 5.65 Å². The van der Waals surface area contributed by atoms with Gasteiger partial charge in [-0.15, -0.1) is 10.2 Å². The molecule has 0 unspecified atom stereocenters. The normalized spacial score (nSPS) is 11.2. The summed E-state index contributed by atoms with van der Waals surface area (Å²) in [5.41, 5.74) is 5.18. The number of nitrogens with zero attached hydrogens (tertiary/aromatic N) is 6. The van der Waals surface area contributed by atoms with Crippen LogP contribution in [0.15, 0.2) is 84.5 Å². The predicted octanol–water partition coefficient (Wildman–Crippen LogP) is 4.58. The Morgan fingerprint density at radius 2 is 1.76 bits per heavy atom. The highest BCUT2D eigenvalue weighted by Crippen LogP contribution is 2.29. The molecule has 142 valence electrons. The van der Waals surface area contributed by atoms with Crippen LogP contribution in [-0.2, 0) is 5.75 Å². The van der Waals surface area contributed by atoms with Crippen LogP contribution in [0.4, 0.5) is 0 Å². The Morgan fingerprint density at radius 1 is 0.931 bits per heavy atom. The largest absolute Gasteiger partial charge is 0.307 e. The fraction of sp³-hybridized carbons (Fsp3) is 0.0909. The van der Waals surface area contributed by atoms with Gasteiger partial charge in [-0.3, -0.25) is 9.55 Å². The highest BCUT2D eigenvalue weighted by Gasteiger charge is 2.16. The molecule has 5 aromatic rings. The molecule has 0 fully saturated rings. The van der Waals surface area contributed by atoms with Crippen molar-refractivity contribution in [3.8, 4) is 17.1 Å². The van der Waals surface area contributed by atoms with E-state index in [-0.39, 0.29) is 0 Å². The molecule has 0 aliphatic carbocycles. The quantitative estimate of drug-likeness (QED) is 0.406. The standard InChI is InChI=1S/C22H18N6S/c1-16-5-7-19(8-6-16)28-21(17-9-11-23-12-10-17)25-26-22(28)29-15-18-14-27-13-3-2-4-20(27)24-18/h2-14H,15H2,1H3. The molecule has 5 rings (SSSR count). The average molecular weight is 398 g/mol. The topological polar surface area (TPSA) is 60.9 Å². The molecule has 0 aliphatic rings. The molecule has 0 aliphatic heterocycles. The Morgan fingerprint density at radius 3 is 2.55 bits per heavy atom. The predicted molar refractivity (Wildman–Crippen MR) is 114 cm³/mol. The van der Waals surface area contributed by atoms with Gasteiger partial charge in [0.2, 0.25) is 0 Å². The van der Waals surface area contributed by atoms with Crippen LogP contribution >= 0.6 is 11.8 Å². The van der Waals surface area contributed by atoms with Gasteiger partial charge in [-0.1, -0.05) is 35.5 Å². The van der Waals surface area contributed by atoms with Crippen LogP contribution in [0.2, 0.25) is 0 Å². The lowest BCUT2D eigenvalue weighted by molar-refractivity contribution is 0.885. The summed E-state index contributed by atoms with van der Waals surface area (Å²) in [7, 11) is 0. The second-order valence-corrected chi connectivity index (χ2v) is 7.64. The van der Waals surface area contributed by atoms with Crippen LogP contribution in [0, 0.1) is 6.92 Å². The Hall–Kier alpha value is -3.45. The summed E-state index contributed by atoms with van der Waals surface area (Å²) in [6.45, 7) is 2.08. The molecule has 0 saturated carbocycles. The van der Waals surface area contributed by atoms with Gasteiger partial charge in [0, 0.05) is 41.8 Å². The van der Waals surface area contributed by atoms with Crippen molar-refractivity contribution in [3.63, 3.8) is 0 Å². The van der Waals surface area contributed by atoms with E-state index in [0.717, 1.165) is 33.6 Å². The number of aryl methyl sites for hydroxylation is 1. The Balaban J connectivity index is 1.52. The Bertz CT molecular complexity index is 1220. The molecule has 0 spiro atoms. The van der Waals surface area contributed by atoms with E-state index in [2.05, 4.69) is 62.1 Å². The second-order valence-electron chi connectivity index (χ2n) is 6.70. The number of thioether (sulfide) groups is 1. The first kappa shape index (κ1) is 17.6. The van der Waals surface area contributed by atoms with E-state index in [0.29, 0.717) is 5.75 Å². The summed E-state index contributed by atoms with van der Waals surface area (Å²) in [5, 5.41) is 9.79. The summed E-state index contributed by atoms with van der Waals surface area (Å²) < 4.78 is 4.12. The molecule has 0 saturated heterocycles. The first-order valence-electron chi connectivity index (χ1n) is 9.26. The van der Waals surface area contributed by atoms with E-state index in [4.69, 9.17) is 0 Å². The molecule has 0 atom stereocenters. The van der Waals surface area contributed by atoms with Gasteiger partial charge in [-0.25, -0.2) is 4.98 Å². The minimum atomic E-state index is 0.710. The number of benzene rings is 1. The van der Waals surface area contributed by atoms with Gasteiger partial charge in [0.25, 0.3) is 0 Å². The molecule has 0 N–H and O–H groups in total.